The molecule has 0 spiro atoms. The van der Waals surface area contributed by atoms with Crippen molar-refractivity contribution in [2.45, 2.75) is 45.6 Å². The molecule has 2 rings (SSSR count). The third kappa shape index (κ3) is 8.96. The van der Waals surface area contributed by atoms with Crippen LogP contribution in [0.4, 0.5) is 0 Å². The number of nitrogens with one attached hydrogen (secondary N) is 2. The molecule has 0 amide bonds. The predicted molar refractivity (Wildman–Crippen MR) is 128 cm³/mol. The van der Waals surface area contributed by atoms with Crippen molar-refractivity contribution in [2.75, 3.05) is 52.1 Å². The van der Waals surface area contributed by atoms with Crippen LogP contribution in [0.2, 0.25) is 0 Å². The number of guanidine groups is 1. The molecule has 2 saturated heterocycles. The summed E-state index contributed by atoms with van der Waals surface area (Å²) in [6.07, 6.45) is 5.29. The van der Waals surface area contributed by atoms with Crippen molar-refractivity contribution in [2.24, 2.45) is 10.9 Å². The molecule has 0 saturated carbocycles. The molecular weight excluding hydrogens is 489 g/mol. The van der Waals surface area contributed by atoms with Crippen LogP contribution >= 0.6 is 24.0 Å². The van der Waals surface area contributed by atoms with Gasteiger partial charge in [0.05, 0.1) is 6.26 Å². The Morgan fingerprint density at radius 1 is 1.14 bits per heavy atom. The standard InChI is InChI=1S/C19H37N5O2S.HI/c1-5-20-19(22-18-8-10-23(11-9-18)15-16(2)3)21-14-17-6-12-24(13-7-17)27(4,25)26;/h17-18H,2,5-15H2,1,3-4H3,(H2,20,21,22);1H. The van der Waals surface area contributed by atoms with Gasteiger partial charge in [0.25, 0.3) is 0 Å². The fraction of sp³-hybridized carbons (Fsp3) is 0.842. The number of nitrogens with zero attached hydrogens (tertiary/aromatic N) is 3. The molecule has 0 aromatic carbocycles. The van der Waals surface area contributed by atoms with Crippen LogP contribution < -0.4 is 10.6 Å². The third-order valence-electron chi connectivity index (χ3n) is 5.32. The van der Waals surface area contributed by atoms with Gasteiger partial charge in [0, 0.05) is 51.9 Å². The van der Waals surface area contributed by atoms with Gasteiger partial charge < -0.3 is 10.6 Å². The Labute approximate surface area is 188 Å². The molecule has 164 valence electrons. The van der Waals surface area contributed by atoms with Crippen LogP contribution in [-0.2, 0) is 10.0 Å². The Kier molecular flexibility index (Phi) is 11.3. The zero-order chi connectivity index (χ0) is 19.9. The lowest BCUT2D eigenvalue weighted by Gasteiger charge is -2.33. The van der Waals surface area contributed by atoms with Gasteiger partial charge >= 0.3 is 0 Å². The monoisotopic (exact) mass is 527 g/mol. The molecule has 2 heterocycles. The van der Waals surface area contributed by atoms with E-state index >= 15 is 0 Å². The number of halogens is 1. The number of hydrogen-bond donors (Lipinski definition) is 2. The van der Waals surface area contributed by atoms with E-state index in [0.717, 1.165) is 64.4 Å². The van der Waals surface area contributed by atoms with E-state index in [1.54, 1.807) is 4.31 Å². The Bertz CT molecular complexity index is 610. The van der Waals surface area contributed by atoms with Crippen molar-refractivity contribution < 1.29 is 8.42 Å². The second-order valence-corrected chi connectivity index (χ2v) is 9.96. The first-order chi connectivity index (χ1) is 12.8. The molecule has 0 atom stereocenters. The fourth-order valence-corrected chi connectivity index (χ4v) is 4.65. The Morgan fingerprint density at radius 3 is 2.25 bits per heavy atom. The van der Waals surface area contributed by atoms with Gasteiger partial charge in [-0.15, -0.1) is 24.0 Å². The molecule has 2 N–H and O–H groups in total. The molecule has 0 aromatic rings. The van der Waals surface area contributed by atoms with Crippen LogP contribution in [0, 0.1) is 5.92 Å². The average molecular weight is 528 g/mol. The lowest BCUT2D eigenvalue weighted by Crippen LogP contribution is -2.49. The lowest BCUT2D eigenvalue weighted by atomic mass is 9.98. The van der Waals surface area contributed by atoms with E-state index in [2.05, 4.69) is 36.0 Å². The second-order valence-electron chi connectivity index (χ2n) is 7.98. The topological polar surface area (TPSA) is 77.0 Å². The molecule has 9 heteroatoms. The molecule has 0 aromatic heterocycles. The highest BCUT2D eigenvalue weighted by Gasteiger charge is 2.25. The van der Waals surface area contributed by atoms with Crippen LogP contribution in [0.25, 0.3) is 0 Å². The van der Waals surface area contributed by atoms with E-state index in [0.29, 0.717) is 25.0 Å². The normalized spacial score (nSPS) is 21.2. The van der Waals surface area contributed by atoms with Crippen molar-refractivity contribution in [3.05, 3.63) is 12.2 Å². The Morgan fingerprint density at radius 2 is 1.75 bits per heavy atom. The molecule has 0 bridgehead atoms. The quantitative estimate of drug-likeness (QED) is 0.229. The zero-order valence-electron chi connectivity index (χ0n) is 17.6. The summed E-state index contributed by atoms with van der Waals surface area (Å²) in [5, 5.41) is 6.94. The van der Waals surface area contributed by atoms with E-state index in [9.17, 15) is 8.42 Å². The van der Waals surface area contributed by atoms with Crippen molar-refractivity contribution in [3.63, 3.8) is 0 Å². The smallest absolute Gasteiger partial charge is 0.211 e. The lowest BCUT2D eigenvalue weighted by molar-refractivity contribution is 0.221. The largest absolute Gasteiger partial charge is 0.357 e. The fourth-order valence-electron chi connectivity index (χ4n) is 3.77. The maximum absolute atomic E-state index is 11.6. The minimum atomic E-state index is -3.06. The Hall–Kier alpha value is -0.390. The molecule has 28 heavy (non-hydrogen) atoms. The maximum atomic E-state index is 11.6. The molecule has 0 aliphatic carbocycles. The van der Waals surface area contributed by atoms with E-state index in [1.807, 2.05) is 0 Å². The minimum absolute atomic E-state index is 0. The molecule has 2 fully saturated rings. The second kappa shape index (κ2) is 12.3. The molecule has 2 aliphatic heterocycles. The highest BCUT2D eigenvalue weighted by molar-refractivity contribution is 14.0. The van der Waals surface area contributed by atoms with Crippen LogP contribution in [0.1, 0.15) is 39.5 Å². The number of aliphatic imine (C=N–C) groups is 1. The summed E-state index contributed by atoms with van der Waals surface area (Å²) in [6.45, 7) is 14.2. The summed E-state index contributed by atoms with van der Waals surface area (Å²) in [5.74, 6) is 1.34. The summed E-state index contributed by atoms with van der Waals surface area (Å²) < 4.78 is 24.8. The van der Waals surface area contributed by atoms with E-state index < -0.39 is 10.0 Å². The summed E-state index contributed by atoms with van der Waals surface area (Å²) in [6, 6.07) is 0.455. The van der Waals surface area contributed by atoms with Gasteiger partial charge in [-0.25, -0.2) is 12.7 Å². The van der Waals surface area contributed by atoms with Crippen LogP contribution in [-0.4, -0.2) is 81.7 Å². The van der Waals surface area contributed by atoms with Crippen LogP contribution in [0.5, 0.6) is 0 Å². The summed E-state index contributed by atoms with van der Waals surface area (Å²) >= 11 is 0. The van der Waals surface area contributed by atoms with Gasteiger partial charge in [-0.2, -0.15) is 0 Å². The van der Waals surface area contributed by atoms with Crippen molar-refractivity contribution in [1.29, 1.82) is 0 Å². The molecular formula is C19H38IN5O2S. The van der Waals surface area contributed by atoms with Gasteiger partial charge in [-0.05, 0) is 45.4 Å². The molecule has 2 aliphatic rings. The zero-order valence-corrected chi connectivity index (χ0v) is 20.8. The van der Waals surface area contributed by atoms with E-state index in [1.165, 1.54) is 11.8 Å². The first kappa shape index (κ1) is 25.6. The maximum Gasteiger partial charge on any atom is 0.211 e. The number of rotatable bonds is 7. The number of likely N-dealkylation sites (tertiary alicyclic amines) is 1. The minimum Gasteiger partial charge on any atom is -0.357 e. The van der Waals surface area contributed by atoms with Gasteiger partial charge in [-0.3, -0.25) is 9.89 Å². The summed E-state index contributed by atoms with van der Waals surface area (Å²) in [5.41, 5.74) is 1.22. The van der Waals surface area contributed by atoms with Crippen LogP contribution in [0.15, 0.2) is 17.1 Å². The first-order valence-corrected chi connectivity index (χ1v) is 12.0. The highest BCUT2D eigenvalue weighted by Crippen LogP contribution is 2.19. The van der Waals surface area contributed by atoms with Gasteiger partial charge in [0.2, 0.25) is 10.0 Å². The number of hydrogen-bond acceptors (Lipinski definition) is 4. The SMILES string of the molecule is C=C(C)CN1CCC(NC(=NCC2CCN(S(C)(=O)=O)CC2)NCC)CC1.I. The van der Waals surface area contributed by atoms with Gasteiger partial charge in [0.1, 0.15) is 0 Å². The number of sulfonamides is 1. The highest BCUT2D eigenvalue weighted by atomic mass is 127. The van der Waals surface area contributed by atoms with Gasteiger partial charge in [0.15, 0.2) is 5.96 Å². The Balaban J connectivity index is 0.00000392. The third-order valence-corrected chi connectivity index (χ3v) is 6.62. The molecule has 0 unspecified atom stereocenters. The van der Waals surface area contributed by atoms with Gasteiger partial charge in [-0.1, -0.05) is 12.2 Å². The summed E-state index contributed by atoms with van der Waals surface area (Å²) in [4.78, 5) is 7.24. The molecule has 0 radical (unpaired) electrons. The van der Waals surface area contributed by atoms with Crippen molar-refractivity contribution >= 4 is 40.0 Å². The predicted octanol–water partition coefficient (Wildman–Crippen LogP) is 1.87. The van der Waals surface area contributed by atoms with E-state index in [-0.39, 0.29) is 24.0 Å². The van der Waals surface area contributed by atoms with Crippen molar-refractivity contribution in [1.82, 2.24) is 19.8 Å². The van der Waals surface area contributed by atoms with E-state index in [4.69, 9.17) is 4.99 Å². The van der Waals surface area contributed by atoms with Crippen molar-refractivity contribution in [3.8, 4) is 0 Å². The first-order valence-electron chi connectivity index (χ1n) is 10.1. The average Bonchev–Trinajstić information content (AvgIpc) is 2.61. The number of piperidine rings is 2. The van der Waals surface area contributed by atoms with Crippen LogP contribution in [0.3, 0.4) is 0 Å². The molecule has 7 nitrogen and oxygen atoms in total. The summed E-state index contributed by atoms with van der Waals surface area (Å²) in [7, 11) is -3.06.